The van der Waals surface area contributed by atoms with Crippen LogP contribution >= 0.6 is 0 Å². The molecule has 0 saturated heterocycles. The van der Waals surface area contributed by atoms with Crippen molar-refractivity contribution >= 4 is 17.9 Å². The van der Waals surface area contributed by atoms with Gasteiger partial charge in [-0.2, -0.15) is 0 Å². The molecule has 0 spiro atoms. The van der Waals surface area contributed by atoms with Crippen LogP contribution in [0.4, 0.5) is 0 Å². The number of carboxylic acid groups (broad SMARTS) is 1. The first-order valence-electron chi connectivity index (χ1n) is 42.0. The van der Waals surface area contributed by atoms with Crippen molar-refractivity contribution in [2.45, 2.75) is 373 Å². The highest BCUT2D eigenvalue weighted by atomic mass is 16.7. The van der Waals surface area contributed by atoms with Crippen LogP contribution in [0.5, 0.6) is 0 Å². The van der Waals surface area contributed by atoms with E-state index in [1.54, 1.807) is 0 Å². The summed E-state index contributed by atoms with van der Waals surface area (Å²) in [7, 11) is 5.92. The molecule has 0 N–H and O–H groups in total. The minimum absolute atomic E-state index is 0.133. The molecule has 0 saturated carbocycles. The Morgan fingerprint density at radius 2 is 0.564 bits per heavy atom. The number of unbranched alkanes of at least 4 members (excludes halogenated alkanes) is 38. The Bertz CT molecular complexity index is 2180. The second-order valence-electron chi connectivity index (χ2n) is 29.0. The predicted octanol–water partition coefficient (Wildman–Crippen LogP) is 26.0. The van der Waals surface area contributed by atoms with E-state index in [9.17, 15) is 19.5 Å². The van der Waals surface area contributed by atoms with Gasteiger partial charge < -0.3 is 33.3 Å². The third kappa shape index (κ3) is 82.3. The highest BCUT2D eigenvalue weighted by Crippen LogP contribution is 2.19. The zero-order valence-corrected chi connectivity index (χ0v) is 66.2. The minimum atomic E-state index is -1.64. The van der Waals surface area contributed by atoms with Gasteiger partial charge in [0.2, 0.25) is 0 Å². The lowest BCUT2D eigenvalue weighted by molar-refractivity contribution is -0.870. The van der Waals surface area contributed by atoms with Crippen molar-refractivity contribution in [3.8, 4) is 0 Å². The first-order chi connectivity index (χ1) is 49.6. The highest BCUT2D eigenvalue weighted by Gasteiger charge is 2.22. The Kier molecular flexibility index (Phi) is 77.0. The number of carboxylic acids is 1. The maximum absolute atomic E-state index is 13.0. The number of hydrogen-bond donors (Lipinski definition) is 0. The van der Waals surface area contributed by atoms with Gasteiger partial charge in [0.15, 0.2) is 12.4 Å². The smallest absolute Gasteiger partial charge is 0.306 e. The van der Waals surface area contributed by atoms with Gasteiger partial charge >= 0.3 is 11.9 Å². The number of quaternary nitrogens is 1. The van der Waals surface area contributed by atoms with E-state index in [-0.39, 0.29) is 38.6 Å². The second kappa shape index (κ2) is 80.8. The summed E-state index contributed by atoms with van der Waals surface area (Å²) in [6.07, 6.45) is 116. The monoisotopic (exact) mass is 1400 g/mol. The van der Waals surface area contributed by atoms with Gasteiger partial charge in [-0.15, -0.1) is 0 Å². The lowest BCUT2D eigenvalue weighted by Crippen LogP contribution is -2.44. The first-order valence-corrected chi connectivity index (χ1v) is 42.0. The largest absolute Gasteiger partial charge is 0.545 e. The van der Waals surface area contributed by atoms with Crippen LogP contribution in [0.25, 0.3) is 0 Å². The van der Waals surface area contributed by atoms with Crippen molar-refractivity contribution in [1.29, 1.82) is 0 Å². The molecular weight excluding hydrogens is 1250 g/mol. The van der Waals surface area contributed by atoms with Crippen molar-refractivity contribution in [1.82, 2.24) is 0 Å². The molecule has 9 nitrogen and oxygen atoms in total. The van der Waals surface area contributed by atoms with Crippen molar-refractivity contribution in [3.05, 3.63) is 146 Å². The molecule has 0 aromatic carbocycles. The Hall–Kier alpha value is -4.83. The highest BCUT2D eigenvalue weighted by molar-refractivity contribution is 5.70. The SMILES string of the molecule is CC/C=C\C/C=C\C/C=C\C/C=C\C/C=C\C/C=C\C/C=C\C/C=C\C/C=C\C/C=C\C/C=C\C/C=C\CCCCC(=O)OC(COC(=O)CCCCCCCCCCCCCCCCCCCCCCCCCCCCCCCCCCCCCCC)COC(OCC[N+](C)(C)C)C(=O)[O-]. The molecule has 0 fully saturated rings. The topological polar surface area (TPSA) is 111 Å². The van der Waals surface area contributed by atoms with Gasteiger partial charge in [-0.05, 0) is 103 Å². The molecule has 0 aliphatic carbocycles. The third-order valence-corrected chi connectivity index (χ3v) is 18.1. The number of ether oxygens (including phenoxy) is 4. The fraction of sp³-hybridized carbons (Fsp3) is 0.707. The number of nitrogens with zero attached hydrogens (tertiary/aromatic N) is 1. The van der Waals surface area contributed by atoms with Gasteiger partial charge in [-0.1, -0.05) is 391 Å². The zero-order valence-electron chi connectivity index (χ0n) is 66.2. The molecule has 0 bridgehead atoms. The molecule has 0 aliphatic rings. The van der Waals surface area contributed by atoms with Gasteiger partial charge in [-0.25, -0.2) is 0 Å². The molecule has 0 aromatic heterocycles. The summed E-state index contributed by atoms with van der Waals surface area (Å²) in [6, 6.07) is 0. The van der Waals surface area contributed by atoms with E-state index in [2.05, 4.69) is 160 Å². The molecule has 0 aliphatic heterocycles. The van der Waals surface area contributed by atoms with Crippen LogP contribution < -0.4 is 5.11 Å². The number of esters is 2. The van der Waals surface area contributed by atoms with E-state index in [4.69, 9.17) is 18.9 Å². The van der Waals surface area contributed by atoms with Gasteiger partial charge in [0.1, 0.15) is 13.2 Å². The van der Waals surface area contributed by atoms with Crippen LogP contribution in [0.2, 0.25) is 0 Å². The van der Waals surface area contributed by atoms with Gasteiger partial charge in [0, 0.05) is 12.8 Å². The van der Waals surface area contributed by atoms with Crippen LogP contribution in [0, 0.1) is 0 Å². The van der Waals surface area contributed by atoms with Crippen LogP contribution in [-0.2, 0) is 33.3 Å². The Morgan fingerprint density at radius 1 is 0.307 bits per heavy atom. The van der Waals surface area contributed by atoms with Crippen LogP contribution in [0.3, 0.4) is 0 Å². The predicted molar refractivity (Wildman–Crippen MR) is 435 cm³/mol. The average molecular weight is 1410 g/mol. The van der Waals surface area contributed by atoms with E-state index < -0.39 is 24.3 Å². The summed E-state index contributed by atoms with van der Waals surface area (Å²) in [5, 5.41) is 11.9. The van der Waals surface area contributed by atoms with E-state index in [1.807, 2.05) is 21.1 Å². The molecule has 0 radical (unpaired) electrons. The quantitative estimate of drug-likeness (QED) is 0.0195. The van der Waals surface area contributed by atoms with Crippen LogP contribution in [0.15, 0.2) is 146 Å². The molecular formula is C92H157NO8. The standard InChI is InChI=1S/C92H157NO8/c1-6-8-10-12-14-16-18-20-22-24-26-28-30-32-34-36-38-40-42-44-45-47-49-51-53-55-57-59-61-63-65-67-69-71-73-75-77-79-81-83-90(95)101-88(87-100-92(91(96)97)98-85-84-93(3,4)5)86-99-89(94)82-80-78-76-74-72-70-68-66-64-62-60-58-56-54-52-50-48-46-43-41-39-37-35-33-31-29-27-25-23-21-19-17-15-13-11-9-7-2/h8,10,14,16,20,22,26,28,32,34,38,40,44-45,49,51,55,57,61,63,67,69,73,75,88,92H,6-7,9,11-13,15,17-19,21,23-25,27,29-31,33,35-37,39,41-43,46-48,50,52-54,56,58-60,62,64-66,68,70-72,74,76-87H2,1-5H3/b10-8-,16-14-,22-20-,28-26-,34-32-,40-38-,45-44-,51-49-,57-55-,63-61-,69-67-,75-73-. The van der Waals surface area contributed by atoms with Crippen LogP contribution in [-0.4, -0.2) is 82.3 Å². The third-order valence-electron chi connectivity index (χ3n) is 18.1. The van der Waals surface area contributed by atoms with Crippen molar-refractivity contribution in [2.24, 2.45) is 0 Å². The molecule has 0 amide bonds. The number of carbonyl (C=O) groups is 3. The van der Waals surface area contributed by atoms with Crippen molar-refractivity contribution < 1.29 is 42.9 Å². The molecule has 2 atom stereocenters. The van der Waals surface area contributed by atoms with Crippen molar-refractivity contribution in [3.63, 3.8) is 0 Å². The van der Waals surface area contributed by atoms with Gasteiger partial charge in [0.05, 0.1) is 40.3 Å². The summed E-state index contributed by atoms with van der Waals surface area (Å²) in [4.78, 5) is 37.6. The van der Waals surface area contributed by atoms with E-state index >= 15 is 0 Å². The number of aliphatic carboxylic acids is 1. The summed E-state index contributed by atoms with van der Waals surface area (Å²) >= 11 is 0. The van der Waals surface area contributed by atoms with E-state index in [1.165, 1.54) is 218 Å². The number of rotatable bonds is 77. The number of allylic oxidation sites excluding steroid dienone is 24. The maximum atomic E-state index is 13.0. The lowest BCUT2D eigenvalue weighted by atomic mass is 10.0. The zero-order chi connectivity index (χ0) is 73.2. The van der Waals surface area contributed by atoms with Crippen molar-refractivity contribution in [2.75, 3.05) is 47.5 Å². The summed E-state index contributed by atoms with van der Waals surface area (Å²) in [5.74, 6) is -2.34. The second-order valence-corrected chi connectivity index (χ2v) is 29.0. The average Bonchev–Trinajstić information content (AvgIpc) is 1.21. The minimum Gasteiger partial charge on any atom is -0.545 e. The van der Waals surface area contributed by atoms with Gasteiger partial charge in [0.25, 0.3) is 0 Å². The Labute approximate surface area is 623 Å². The summed E-state index contributed by atoms with van der Waals surface area (Å²) in [6.45, 7) is 4.61. The summed E-state index contributed by atoms with van der Waals surface area (Å²) in [5.41, 5.74) is 0. The number of hydrogen-bond acceptors (Lipinski definition) is 8. The van der Waals surface area contributed by atoms with Gasteiger partial charge in [-0.3, -0.25) is 9.59 Å². The molecule has 2 unspecified atom stereocenters. The fourth-order valence-corrected chi connectivity index (χ4v) is 11.8. The van der Waals surface area contributed by atoms with E-state index in [0.29, 0.717) is 17.4 Å². The van der Waals surface area contributed by atoms with Crippen LogP contribution in [0.1, 0.15) is 361 Å². The molecule has 9 heteroatoms. The fourth-order valence-electron chi connectivity index (χ4n) is 11.8. The summed E-state index contributed by atoms with van der Waals surface area (Å²) < 4.78 is 22.8. The molecule has 0 heterocycles. The maximum Gasteiger partial charge on any atom is 0.306 e. The Morgan fingerprint density at radius 3 is 0.842 bits per heavy atom. The van der Waals surface area contributed by atoms with E-state index in [0.717, 1.165) is 109 Å². The number of likely N-dealkylation sites (N-methyl/N-ethyl adjacent to an activating group) is 1. The Balaban J connectivity index is 4.11. The molecule has 0 aromatic rings. The molecule has 101 heavy (non-hydrogen) atoms. The molecule has 578 valence electrons. The normalized spacial score (nSPS) is 13.4. The molecule has 0 rings (SSSR count). The first kappa shape index (κ1) is 96.2. The lowest BCUT2D eigenvalue weighted by Gasteiger charge is -2.26. The number of carbonyl (C=O) groups excluding carboxylic acids is 3.